The monoisotopic (exact) mass is 401 g/mol. The Kier molecular flexibility index (Phi) is 4.94. The smallest absolute Gasteiger partial charge is 0.173 e. The summed E-state index contributed by atoms with van der Waals surface area (Å²) >= 11 is 7.76. The van der Waals surface area contributed by atoms with Crippen molar-refractivity contribution >= 4 is 34.2 Å². The molecule has 0 saturated carbocycles. The second-order valence-electron chi connectivity index (χ2n) is 6.37. The molecule has 0 aliphatic carbocycles. The highest BCUT2D eigenvalue weighted by molar-refractivity contribution is 8.14. The fourth-order valence-electron chi connectivity index (χ4n) is 2.85. The number of thioether (sulfide) groups is 1. The molecule has 9 heteroatoms. The number of nitrogens with two attached hydrogens (primary N) is 1. The average molecular weight is 402 g/mol. The molecule has 140 valence electrons. The first kappa shape index (κ1) is 18.1. The van der Waals surface area contributed by atoms with Gasteiger partial charge in [0, 0.05) is 23.5 Å². The van der Waals surface area contributed by atoms with E-state index in [1.54, 1.807) is 5.01 Å². The normalized spacial score (nSPS) is 18.0. The van der Waals surface area contributed by atoms with Gasteiger partial charge in [0.2, 0.25) is 0 Å². The van der Waals surface area contributed by atoms with Gasteiger partial charge in [0.25, 0.3) is 0 Å². The number of anilines is 1. The summed E-state index contributed by atoms with van der Waals surface area (Å²) in [6.45, 7) is 4.62. The van der Waals surface area contributed by atoms with Gasteiger partial charge in [0.05, 0.1) is 18.3 Å². The minimum absolute atomic E-state index is 0.0185. The van der Waals surface area contributed by atoms with Crippen molar-refractivity contribution < 1.29 is 0 Å². The first-order valence-corrected chi connectivity index (χ1v) is 9.85. The molecule has 0 fully saturated rings. The van der Waals surface area contributed by atoms with E-state index < -0.39 is 0 Å². The van der Waals surface area contributed by atoms with Crippen molar-refractivity contribution in [3.8, 4) is 0 Å². The van der Waals surface area contributed by atoms with Gasteiger partial charge in [-0.1, -0.05) is 41.6 Å². The number of hydrogen-bond acceptors (Lipinski definition) is 6. The fraction of sp³-hybridized carbons (Fsp3) is 0.278. The van der Waals surface area contributed by atoms with Gasteiger partial charge >= 0.3 is 0 Å². The molecule has 1 aromatic carbocycles. The molecular weight excluding hydrogens is 382 g/mol. The zero-order valence-electron chi connectivity index (χ0n) is 15.0. The van der Waals surface area contributed by atoms with E-state index in [9.17, 15) is 0 Å². The lowest BCUT2D eigenvalue weighted by Crippen LogP contribution is -2.32. The molecule has 27 heavy (non-hydrogen) atoms. The number of hydrogen-bond donors (Lipinski definition) is 1. The van der Waals surface area contributed by atoms with E-state index in [-0.39, 0.29) is 11.5 Å². The van der Waals surface area contributed by atoms with Crippen LogP contribution in [0, 0.1) is 6.92 Å². The number of aryl methyl sites for hydroxylation is 1. The average Bonchev–Trinajstić information content (AvgIpc) is 3.36. The fourth-order valence-corrected chi connectivity index (χ4v) is 3.99. The number of benzene rings is 1. The molecule has 2 aromatic heterocycles. The SMILES string of the molecule is Cc1ccn(C(C)C2=NN(c3ccn(Cc4ccccc4Cl)n3)C(N)S2)n1. The van der Waals surface area contributed by atoms with Crippen LogP contribution in [-0.2, 0) is 6.54 Å². The largest absolute Gasteiger partial charge is 0.301 e. The van der Waals surface area contributed by atoms with Gasteiger partial charge in [-0.2, -0.15) is 15.3 Å². The Labute approximate surface area is 166 Å². The van der Waals surface area contributed by atoms with Crippen LogP contribution in [0.15, 0.2) is 53.9 Å². The third-order valence-electron chi connectivity index (χ3n) is 4.34. The lowest BCUT2D eigenvalue weighted by Gasteiger charge is -2.15. The molecule has 0 saturated heterocycles. The Balaban J connectivity index is 1.52. The van der Waals surface area contributed by atoms with E-state index in [1.165, 1.54) is 11.8 Å². The van der Waals surface area contributed by atoms with Gasteiger partial charge in [0.1, 0.15) is 5.04 Å². The van der Waals surface area contributed by atoms with E-state index in [0.29, 0.717) is 12.4 Å². The van der Waals surface area contributed by atoms with Crippen LogP contribution in [0.3, 0.4) is 0 Å². The first-order chi connectivity index (χ1) is 13.0. The van der Waals surface area contributed by atoms with Crippen molar-refractivity contribution in [1.82, 2.24) is 19.6 Å². The molecule has 3 aromatic rings. The topological polar surface area (TPSA) is 77.3 Å². The van der Waals surface area contributed by atoms with Gasteiger partial charge in [-0.05, 0) is 31.5 Å². The molecule has 4 rings (SSSR count). The van der Waals surface area contributed by atoms with Crippen LogP contribution >= 0.6 is 23.4 Å². The van der Waals surface area contributed by atoms with Crippen LogP contribution in [0.4, 0.5) is 5.82 Å². The summed E-state index contributed by atoms with van der Waals surface area (Å²) in [5.74, 6) is 0.709. The maximum atomic E-state index is 6.28. The molecule has 1 aliphatic rings. The summed E-state index contributed by atoms with van der Waals surface area (Å²) in [7, 11) is 0. The number of aromatic nitrogens is 4. The second kappa shape index (κ2) is 7.38. The van der Waals surface area contributed by atoms with Crippen LogP contribution in [0.25, 0.3) is 0 Å². The minimum atomic E-state index is -0.317. The van der Waals surface area contributed by atoms with Crippen LogP contribution in [0.5, 0.6) is 0 Å². The highest BCUT2D eigenvalue weighted by atomic mass is 35.5. The maximum Gasteiger partial charge on any atom is 0.173 e. The van der Waals surface area contributed by atoms with E-state index in [2.05, 4.69) is 22.2 Å². The second-order valence-corrected chi connectivity index (χ2v) is 7.91. The van der Waals surface area contributed by atoms with Gasteiger partial charge in [-0.25, -0.2) is 5.01 Å². The van der Waals surface area contributed by atoms with Crippen molar-refractivity contribution in [3.05, 3.63) is 65.1 Å². The Bertz CT molecular complexity index is 980. The summed E-state index contributed by atoms with van der Waals surface area (Å²) in [5.41, 5.74) is 7.96. The van der Waals surface area contributed by atoms with Gasteiger partial charge in [0.15, 0.2) is 11.3 Å². The number of hydrazone groups is 1. The summed E-state index contributed by atoms with van der Waals surface area (Å²) in [6.07, 6.45) is 3.86. The zero-order chi connectivity index (χ0) is 19.0. The van der Waals surface area contributed by atoms with Gasteiger partial charge < -0.3 is 5.73 Å². The van der Waals surface area contributed by atoms with E-state index in [1.807, 2.05) is 65.1 Å². The highest BCUT2D eigenvalue weighted by Gasteiger charge is 2.30. The molecule has 7 nitrogen and oxygen atoms in total. The molecule has 0 amide bonds. The van der Waals surface area contributed by atoms with E-state index in [0.717, 1.165) is 21.3 Å². The predicted molar refractivity (Wildman–Crippen MR) is 110 cm³/mol. The molecule has 1 aliphatic heterocycles. The first-order valence-electron chi connectivity index (χ1n) is 8.60. The van der Waals surface area contributed by atoms with Crippen LogP contribution in [0.1, 0.15) is 24.2 Å². The van der Waals surface area contributed by atoms with Gasteiger partial charge in [-0.3, -0.25) is 9.36 Å². The summed E-state index contributed by atoms with van der Waals surface area (Å²) in [4.78, 5) is 0. The highest BCUT2D eigenvalue weighted by Crippen LogP contribution is 2.32. The molecule has 0 radical (unpaired) electrons. The molecule has 3 heterocycles. The Morgan fingerprint density at radius 3 is 2.74 bits per heavy atom. The maximum absolute atomic E-state index is 6.28. The molecular formula is C18H20ClN7S. The summed E-state index contributed by atoms with van der Waals surface area (Å²) in [6, 6.07) is 11.7. The molecule has 2 N–H and O–H groups in total. The lowest BCUT2D eigenvalue weighted by molar-refractivity contribution is 0.607. The van der Waals surface area contributed by atoms with Crippen molar-refractivity contribution in [1.29, 1.82) is 0 Å². The summed E-state index contributed by atoms with van der Waals surface area (Å²) < 4.78 is 3.73. The van der Waals surface area contributed by atoms with Crippen molar-refractivity contribution in [3.63, 3.8) is 0 Å². The molecule has 2 atom stereocenters. The van der Waals surface area contributed by atoms with Crippen molar-refractivity contribution in [2.24, 2.45) is 10.8 Å². The number of nitrogens with zero attached hydrogens (tertiary/aromatic N) is 6. The molecule has 0 spiro atoms. The van der Waals surface area contributed by atoms with Crippen LogP contribution < -0.4 is 10.7 Å². The van der Waals surface area contributed by atoms with Gasteiger partial charge in [-0.15, -0.1) is 0 Å². The minimum Gasteiger partial charge on any atom is -0.301 e. The molecule has 2 unspecified atom stereocenters. The standard InChI is InChI=1S/C18H20ClN7S/c1-12-7-10-25(21-12)13(2)17-23-26(18(20)27-17)16-8-9-24(22-16)11-14-5-3-4-6-15(14)19/h3-10,13,18H,11,20H2,1-2H3. The number of rotatable bonds is 5. The number of halogens is 1. The quantitative estimate of drug-likeness (QED) is 0.708. The van der Waals surface area contributed by atoms with Crippen molar-refractivity contribution in [2.75, 3.05) is 5.01 Å². The van der Waals surface area contributed by atoms with E-state index >= 15 is 0 Å². The molecule has 0 bridgehead atoms. The van der Waals surface area contributed by atoms with E-state index in [4.69, 9.17) is 17.3 Å². The van der Waals surface area contributed by atoms with Crippen LogP contribution in [0.2, 0.25) is 5.02 Å². The van der Waals surface area contributed by atoms with Crippen molar-refractivity contribution in [2.45, 2.75) is 31.9 Å². The summed E-state index contributed by atoms with van der Waals surface area (Å²) in [5, 5.41) is 17.1. The third-order valence-corrected chi connectivity index (χ3v) is 5.81. The Morgan fingerprint density at radius 2 is 2.00 bits per heavy atom. The predicted octanol–water partition coefficient (Wildman–Crippen LogP) is 3.46. The third kappa shape index (κ3) is 3.73. The lowest BCUT2D eigenvalue weighted by atomic mass is 10.2. The van der Waals surface area contributed by atoms with Crippen LogP contribution in [-0.4, -0.2) is 30.1 Å². The Hall–Kier alpha value is -2.29. The zero-order valence-corrected chi connectivity index (χ0v) is 16.6. The Morgan fingerprint density at radius 1 is 1.19 bits per heavy atom.